The molecule has 0 aliphatic rings. The molecule has 0 heterocycles. The summed E-state index contributed by atoms with van der Waals surface area (Å²) in [6, 6.07) is 0. The van der Waals surface area contributed by atoms with Crippen molar-refractivity contribution in [1.29, 1.82) is 0 Å². The van der Waals surface area contributed by atoms with Crippen molar-refractivity contribution in [3.8, 4) is 0 Å². The van der Waals surface area contributed by atoms with Crippen molar-refractivity contribution in [2.45, 2.75) is 13.2 Å². The van der Waals surface area contributed by atoms with Crippen LogP contribution in [0.4, 0.5) is 0 Å². The summed E-state index contributed by atoms with van der Waals surface area (Å²) in [5, 5.41) is 7.83. The molecule has 0 bridgehead atoms. The van der Waals surface area contributed by atoms with Crippen molar-refractivity contribution in [2.24, 2.45) is 5.73 Å². The van der Waals surface area contributed by atoms with Crippen LogP contribution >= 0.6 is 0 Å². The molecule has 0 aliphatic heterocycles. The van der Waals surface area contributed by atoms with E-state index in [1.165, 1.54) is 6.92 Å². The maximum absolute atomic E-state index is 7.83. The molecular weight excluding hydrogens is 348 g/mol. The van der Waals surface area contributed by atoms with Gasteiger partial charge in [-0.25, -0.2) is 0 Å². The molecule has 9 heteroatoms. The topological polar surface area (TPSA) is 169 Å². The summed E-state index contributed by atoms with van der Waals surface area (Å²) >= 11 is 0. The Balaban J connectivity index is -0.00000000214. The van der Waals surface area contributed by atoms with Gasteiger partial charge in [0.25, 0.3) is 0 Å². The molecule has 1 atom stereocenters. The van der Waals surface area contributed by atoms with Crippen molar-refractivity contribution in [3.05, 3.63) is 0 Å². The van der Waals surface area contributed by atoms with Crippen LogP contribution in [-0.4, -0.2) is 33.2 Å². The molecule has 0 aromatic heterocycles. The van der Waals surface area contributed by atoms with Gasteiger partial charge < -0.3 is 32.7 Å². The predicted octanol–water partition coefficient (Wildman–Crippen LogP) is -8.71. The average Bonchev–Trinajstić information content (AvgIpc) is 0.811. The Morgan fingerprint density at radius 2 is 1.09 bits per heavy atom. The van der Waals surface area contributed by atoms with Gasteiger partial charge in [-0.3, -0.25) is 0 Å². The zero-order chi connectivity index (χ0) is 3.58. The Morgan fingerprint density at radius 1 is 1.09 bits per heavy atom. The maximum atomic E-state index is 7.83. The second-order valence-corrected chi connectivity index (χ2v) is 0.741. The molecule has 9 N–H and O–H groups in total. The molecule has 0 saturated carbocycles. The summed E-state index contributed by atoms with van der Waals surface area (Å²) in [7, 11) is 0. The van der Waals surface area contributed by atoms with Gasteiger partial charge in [0.05, 0.1) is 6.23 Å². The smallest absolute Gasteiger partial charge is 0.870 e. The number of nitrogens with two attached hydrogens (primary N) is 1. The molecule has 0 aromatic carbocycles. The van der Waals surface area contributed by atoms with Crippen molar-refractivity contribution in [1.82, 2.24) is 0 Å². The summed E-state index contributed by atoms with van der Waals surface area (Å²) in [6.07, 6.45) is -0.667. The predicted molar refractivity (Wildman–Crippen MR) is 27.0 cm³/mol. The van der Waals surface area contributed by atoms with Crippen LogP contribution in [0, 0.1) is 0 Å². The van der Waals surface area contributed by atoms with Crippen LogP contribution in [0.1, 0.15) is 6.92 Å². The van der Waals surface area contributed by atoms with Gasteiger partial charge in [0.1, 0.15) is 0 Å². The molecule has 0 radical (unpaired) electrons. The summed E-state index contributed by atoms with van der Waals surface area (Å²) in [4.78, 5) is 0. The van der Waals surface area contributed by atoms with E-state index in [1.807, 2.05) is 0 Å². The molecule has 0 aliphatic carbocycles. The van der Waals surface area contributed by atoms with E-state index in [1.54, 1.807) is 0 Å². The second-order valence-electron chi connectivity index (χ2n) is 0.741. The van der Waals surface area contributed by atoms with Gasteiger partial charge in [-0.1, -0.05) is 0 Å². The normalized spacial score (nSPS) is 5.73. The summed E-state index contributed by atoms with van der Waals surface area (Å²) in [6.45, 7) is 1.50. The van der Waals surface area contributed by atoms with Crippen LogP contribution in [-0.2, 0) is 21.1 Å². The third-order valence-electron chi connectivity index (χ3n) is 0. The van der Waals surface area contributed by atoms with Crippen LogP contribution in [0.25, 0.3) is 0 Å². The molecule has 0 aromatic rings. The van der Waals surface area contributed by atoms with Crippen molar-refractivity contribution in [2.75, 3.05) is 0 Å². The Bertz CT molecular complexity index is 27.2. The Labute approximate surface area is 124 Å². The Morgan fingerprint density at radius 3 is 1.09 bits per heavy atom. The summed E-state index contributed by atoms with van der Waals surface area (Å²) in [5.41, 5.74) is 4.67. The maximum Gasteiger partial charge on any atom is 1.00 e. The second kappa shape index (κ2) is 55.0. The van der Waals surface area contributed by atoms with Gasteiger partial charge in [0, 0.05) is 21.1 Å². The van der Waals surface area contributed by atoms with Gasteiger partial charge >= 0.3 is 59.1 Å². The van der Waals surface area contributed by atoms with Gasteiger partial charge in [0.2, 0.25) is 0 Å². The molecule has 6 nitrogen and oxygen atoms in total. The largest absolute Gasteiger partial charge is 1.00 e. The van der Waals surface area contributed by atoms with Gasteiger partial charge in [-0.15, -0.1) is 0 Å². The minimum atomic E-state index is -0.667. The van der Waals surface area contributed by atoms with Gasteiger partial charge in [-0.2, -0.15) is 0 Å². The van der Waals surface area contributed by atoms with Crippen LogP contribution in [0.15, 0.2) is 0 Å². The monoisotopic (exact) mass is 361 g/mol. The van der Waals surface area contributed by atoms with E-state index < -0.39 is 6.23 Å². The quantitative estimate of drug-likeness (QED) is 0.323. The van der Waals surface area contributed by atoms with Crippen molar-refractivity contribution >= 4 is 0 Å². The molecule has 0 fully saturated rings. The number of aliphatic hydroxyl groups is 1. The third kappa shape index (κ3) is 227. The third-order valence-corrected chi connectivity index (χ3v) is 0. The van der Waals surface area contributed by atoms with Crippen LogP contribution in [0.3, 0.4) is 0 Å². The molecule has 0 spiro atoms. The summed E-state index contributed by atoms with van der Waals surface area (Å²) < 4.78 is 0. The first-order chi connectivity index (χ1) is 1.73. The fourth-order valence-corrected chi connectivity index (χ4v) is 0. The van der Waals surface area contributed by atoms with Crippen LogP contribution in [0.5, 0.6) is 0 Å². The van der Waals surface area contributed by atoms with E-state index in [-0.39, 0.29) is 102 Å². The van der Waals surface area contributed by atoms with Crippen molar-refractivity contribution in [3.63, 3.8) is 0 Å². The van der Waals surface area contributed by atoms with E-state index in [4.69, 9.17) is 5.11 Å². The number of rotatable bonds is 0. The van der Waals surface area contributed by atoms with Crippen molar-refractivity contribution < 1.29 is 107 Å². The number of aliphatic hydroxyl groups excluding tert-OH is 1. The SMILES string of the molecule is CC(N)O.O.O.[Na+].[Na+].[OH-].[OH-].[W]. The van der Waals surface area contributed by atoms with E-state index in [9.17, 15) is 0 Å². The van der Waals surface area contributed by atoms with Gasteiger partial charge in [-0.05, 0) is 6.92 Å². The van der Waals surface area contributed by atoms with E-state index in [0.29, 0.717) is 0 Å². The zero-order valence-electron chi connectivity index (χ0n) is 6.90. The van der Waals surface area contributed by atoms with E-state index >= 15 is 0 Å². The molecule has 11 heavy (non-hydrogen) atoms. The standard InChI is InChI=1S/C2H7NO.2Na.4H2O.W/c1-2(3)4;;;;;;;/h2,4H,3H2,1H3;;;4*1H2;/q;2*+1;;;;;/p-2. The minimum Gasteiger partial charge on any atom is -0.870 e. The fourth-order valence-electron chi connectivity index (χ4n) is 0. The molecule has 0 saturated heterocycles. The van der Waals surface area contributed by atoms with Gasteiger partial charge in [0.15, 0.2) is 0 Å². The molecule has 0 amide bonds. The summed E-state index contributed by atoms with van der Waals surface area (Å²) in [5.74, 6) is 0. The van der Waals surface area contributed by atoms with Crippen LogP contribution in [0.2, 0.25) is 0 Å². The molecular formula is C2H13NNa2O5W. The zero-order valence-corrected chi connectivity index (χ0v) is 13.8. The first-order valence-corrected chi connectivity index (χ1v) is 1.17. The number of hydrogen-bond acceptors (Lipinski definition) is 4. The molecule has 64 valence electrons. The molecule has 1 unspecified atom stereocenters. The average molecular weight is 361 g/mol. The first kappa shape index (κ1) is 70.2. The Hall–Kier alpha value is 2.45. The molecule has 0 rings (SSSR count). The minimum absolute atomic E-state index is 0. The van der Waals surface area contributed by atoms with Crippen LogP contribution < -0.4 is 64.8 Å². The first-order valence-electron chi connectivity index (χ1n) is 1.17. The van der Waals surface area contributed by atoms with E-state index in [0.717, 1.165) is 0 Å². The van der Waals surface area contributed by atoms with E-state index in [2.05, 4.69) is 5.73 Å². The number of hydrogen-bond donors (Lipinski definition) is 2. The fraction of sp³-hybridized carbons (Fsp3) is 1.00. The Kier molecular flexibility index (Phi) is 351.